The van der Waals surface area contributed by atoms with E-state index in [2.05, 4.69) is 6.07 Å². The van der Waals surface area contributed by atoms with Gasteiger partial charge in [-0.05, 0) is 44.7 Å². The number of aliphatic hydroxyl groups is 1. The highest BCUT2D eigenvalue weighted by atomic mass is 16.6. The van der Waals surface area contributed by atoms with E-state index in [1.807, 2.05) is 39.0 Å². The number of amides is 1. The van der Waals surface area contributed by atoms with Crippen LogP contribution in [0.4, 0.5) is 4.79 Å². The van der Waals surface area contributed by atoms with Gasteiger partial charge in [0.1, 0.15) is 11.7 Å². The molecule has 1 fully saturated rings. The Hall–Kier alpha value is -1.59. The predicted octanol–water partition coefficient (Wildman–Crippen LogP) is 2.98. The van der Waals surface area contributed by atoms with Crippen molar-refractivity contribution in [1.29, 1.82) is 0 Å². The van der Waals surface area contributed by atoms with Crippen molar-refractivity contribution in [3.8, 4) is 0 Å². The van der Waals surface area contributed by atoms with E-state index in [0.29, 0.717) is 13.1 Å². The summed E-state index contributed by atoms with van der Waals surface area (Å²) < 4.78 is 11.7. The molecule has 1 N–H and O–H groups in total. The zero-order chi connectivity index (χ0) is 16.7. The minimum absolute atomic E-state index is 0.0193. The van der Waals surface area contributed by atoms with Crippen LogP contribution in [0.15, 0.2) is 24.3 Å². The van der Waals surface area contributed by atoms with Gasteiger partial charge in [-0.15, -0.1) is 0 Å². The SMILES string of the molecule is CC(C)(C)OC(=O)N1CCC2(CC1)O[C@H](CO)c1ccccc12. The molecule has 1 atom stereocenters. The van der Waals surface area contributed by atoms with Gasteiger partial charge in [-0.25, -0.2) is 4.79 Å². The summed E-state index contributed by atoms with van der Waals surface area (Å²) in [6.45, 7) is 6.80. The number of fused-ring (bicyclic) bond motifs is 2. The number of rotatable bonds is 1. The van der Waals surface area contributed by atoms with E-state index in [1.165, 1.54) is 0 Å². The van der Waals surface area contributed by atoms with Crippen molar-refractivity contribution >= 4 is 6.09 Å². The van der Waals surface area contributed by atoms with Crippen molar-refractivity contribution in [3.63, 3.8) is 0 Å². The third-order valence-electron chi connectivity index (χ3n) is 4.56. The quantitative estimate of drug-likeness (QED) is 0.864. The summed E-state index contributed by atoms with van der Waals surface area (Å²) in [7, 11) is 0. The van der Waals surface area contributed by atoms with Crippen molar-refractivity contribution < 1.29 is 19.4 Å². The van der Waals surface area contributed by atoms with Crippen molar-refractivity contribution in [3.05, 3.63) is 35.4 Å². The van der Waals surface area contributed by atoms with Crippen LogP contribution in [-0.4, -0.2) is 41.4 Å². The lowest BCUT2D eigenvalue weighted by molar-refractivity contribution is -0.121. The van der Waals surface area contributed by atoms with Crippen LogP contribution in [0.1, 0.15) is 50.8 Å². The molecule has 1 saturated heterocycles. The van der Waals surface area contributed by atoms with Gasteiger partial charge in [-0.1, -0.05) is 24.3 Å². The van der Waals surface area contributed by atoms with Gasteiger partial charge in [-0.3, -0.25) is 0 Å². The molecule has 2 aliphatic rings. The molecule has 0 aliphatic carbocycles. The number of nitrogens with zero attached hydrogens (tertiary/aromatic N) is 1. The highest BCUT2D eigenvalue weighted by Gasteiger charge is 2.47. The second kappa shape index (κ2) is 5.80. The largest absolute Gasteiger partial charge is 0.444 e. The van der Waals surface area contributed by atoms with Crippen molar-refractivity contribution in [1.82, 2.24) is 4.90 Å². The fraction of sp³-hybridized carbons (Fsp3) is 0.611. The molecule has 3 rings (SSSR count). The molecule has 1 amide bonds. The number of piperidine rings is 1. The monoisotopic (exact) mass is 319 g/mol. The molecule has 0 radical (unpaired) electrons. The molecular formula is C18H25NO4. The lowest BCUT2D eigenvalue weighted by atomic mass is 9.83. The van der Waals surface area contributed by atoms with Crippen LogP contribution < -0.4 is 0 Å². The standard InChI is InChI=1S/C18H25NO4/c1-17(2,3)23-16(21)19-10-8-18(9-11-19)14-7-5-4-6-13(14)15(12-20)22-18/h4-7,15,20H,8-12H2,1-3H3/t15-/m1/s1. The Morgan fingerprint density at radius 1 is 1.35 bits per heavy atom. The van der Waals surface area contributed by atoms with Gasteiger partial charge in [0.05, 0.1) is 12.2 Å². The Bertz CT molecular complexity index is 585. The fourth-order valence-electron chi connectivity index (χ4n) is 3.49. The number of hydrogen-bond donors (Lipinski definition) is 1. The molecule has 5 nitrogen and oxygen atoms in total. The summed E-state index contributed by atoms with van der Waals surface area (Å²) in [5.74, 6) is 0. The Morgan fingerprint density at radius 3 is 2.61 bits per heavy atom. The van der Waals surface area contributed by atoms with E-state index in [4.69, 9.17) is 9.47 Å². The molecule has 2 heterocycles. The van der Waals surface area contributed by atoms with Crippen LogP contribution >= 0.6 is 0 Å². The molecule has 0 aromatic heterocycles. The summed E-state index contributed by atoms with van der Waals surface area (Å²) in [6, 6.07) is 8.07. The van der Waals surface area contributed by atoms with E-state index in [0.717, 1.165) is 24.0 Å². The first-order valence-corrected chi connectivity index (χ1v) is 8.21. The number of likely N-dealkylation sites (tertiary alicyclic amines) is 1. The van der Waals surface area contributed by atoms with Crippen LogP contribution in [-0.2, 0) is 15.1 Å². The molecule has 126 valence electrons. The maximum Gasteiger partial charge on any atom is 0.410 e. The van der Waals surface area contributed by atoms with Gasteiger partial charge in [0.2, 0.25) is 0 Å². The highest BCUT2D eigenvalue weighted by molar-refractivity contribution is 5.68. The molecule has 23 heavy (non-hydrogen) atoms. The number of carbonyl (C=O) groups is 1. The smallest absolute Gasteiger partial charge is 0.410 e. The van der Waals surface area contributed by atoms with Gasteiger partial charge in [0.15, 0.2) is 0 Å². The third kappa shape index (κ3) is 3.08. The van der Waals surface area contributed by atoms with E-state index in [-0.39, 0.29) is 24.4 Å². The lowest BCUT2D eigenvalue weighted by Crippen LogP contribution is -2.46. The second-order valence-corrected chi connectivity index (χ2v) is 7.34. The van der Waals surface area contributed by atoms with Crippen LogP contribution in [0.3, 0.4) is 0 Å². The average Bonchev–Trinajstić information content (AvgIpc) is 2.81. The van der Waals surface area contributed by atoms with Crippen LogP contribution in [0.25, 0.3) is 0 Å². The summed E-state index contributed by atoms with van der Waals surface area (Å²) in [5, 5.41) is 9.59. The molecule has 0 saturated carbocycles. The van der Waals surface area contributed by atoms with Crippen molar-refractivity contribution in [2.45, 2.75) is 50.9 Å². The first-order valence-electron chi connectivity index (χ1n) is 8.21. The Balaban J connectivity index is 1.73. The number of carbonyl (C=O) groups excluding carboxylic acids is 1. The number of ether oxygens (including phenoxy) is 2. The third-order valence-corrected chi connectivity index (χ3v) is 4.56. The number of aliphatic hydroxyl groups excluding tert-OH is 1. The van der Waals surface area contributed by atoms with E-state index >= 15 is 0 Å². The fourth-order valence-corrected chi connectivity index (χ4v) is 3.49. The second-order valence-electron chi connectivity index (χ2n) is 7.34. The molecule has 0 bridgehead atoms. The molecule has 2 aliphatic heterocycles. The van der Waals surface area contributed by atoms with Gasteiger partial charge < -0.3 is 19.5 Å². The minimum Gasteiger partial charge on any atom is -0.444 e. The molecular weight excluding hydrogens is 294 g/mol. The Labute approximate surface area is 137 Å². The molecule has 1 spiro atoms. The van der Waals surface area contributed by atoms with Gasteiger partial charge in [-0.2, -0.15) is 0 Å². The van der Waals surface area contributed by atoms with E-state index in [1.54, 1.807) is 4.90 Å². The zero-order valence-electron chi connectivity index (χ0n) is 14.0. The van der Waals surface area contributed by atoms with Gasteiger partial charge in [0.25, 0.3) is 0 Å². The first-order chi connectivity index (χ1) is 10.8. The lowest BCUT2D eigenvalue weighted by Gasteiger charge is -2.40. The zero-order valence-corrected chi connectivity index (χ0v) is 14.0. The normalized spacial score (nSPS) is 23.0. The topological polar surface area (TPSA) is 59.0 Å². The number of hydrogen-bond acceptors (Lipinski definition) is 4. The van der Waals surface area contributed by atoms with E-state index < -0.39 is 5.60 Å². The van der Waals surface area contributed by atoms with Crippen LogP contribution in [0.2, 0.25) is 0 Å². The number of benzene rings is 1. The average molecular weight is 319 g/mol. The van der Waals surface area contributed by atoms with Gasteiger partial charge in [0, 0.05) is 13.1 Å². The predicted molar refractivity (Wildman–Crippen MR) is 86.1 cm³/mol. The maximum atomic E-state index is 12.2. The van der Waals surface area contributed by atoms with Crippen molar-refractivity contribution in [2.75, 3.05) is 19.7 Å². The van der Waals surface area contributed by atoms with E-state index in [9.17, 15) is 9.90 Å². The molecule has 1 aromatic carbocycles. The Kier molecular flexibility index (Phi) is 4.10. The van der Waals surface area contributed by atoms with Gasteiger partial charge >= 0.3 is 6.09 Å². The summed E-state index contributed by atoms with van der Waals surface area (Å²) in [6.07, 6.45) is 0.913. The maximum absolute atomic E-state index is 12.2. The Morgan fingerprint density at radius 2 is 2.00 bits per heavy atom. The molecule has 5 heteroatoms. The molecule has 1 aromatic rings. The summed E-state index contributed by atoms with van der Waals surface area (Å²) >= 11 is 0. The molecule has 0 unspecified atom stereocenters. The minimum atomic E-state index is -0.481. The first kappa shape index (κ1) is 16.3. The van der Waals surface area contributed by atoms with Crippen molar-refractivity contribution in [2.24, 2.45) is 0 Å². The van der Waals surface area contributed by atoms with Crippen LogP contribution in [0.5, 0.6) is 0 Å². The highest BCUT2D eigenvalue weighted by Crippen LogP contribution is 2.49. The summed E-state index contributed by atoms with van der Waals surface area (Å²) in [5.41, 5.74) is 1.36. The van der Waals surface area contributed by atoms with Crippen LogP contribution in [0, 0.1) is 0 Å². The summed E-state index contributed by atoms with van der Waals surface area (Å²) in [4.78, 5) is 14.0.